The van der Waals surface area contributed by atoms with Gasteiger partial charge in [0, 0.05) is 0 Å². The molecule has 2 aromatic rings. The molecule has 1 amide bonds. The van der Waals surface area contributed by atoms with Gasteiger partial charge in [-0.3, -0.25) is 4.79 Å². The van der Waals surface area contributed by atoms with Crippen molar-refractivity contribution in [2.24, 2.45) is 0 Å². The van der Waals surface area contributed by atoms with Gasteiger partial charge in [0.15, 0.2) is 6.61 Å². The first-order valence-corrected chi connectivity index (χ1v) is 7.47. The Hall–Kier alpha value is -3.02. The van der Waals surface area contributed by atoms with Gasteiger partial charge in [-0.1, -0.05) is 24.3 Å². The first-order valence-electron chi connectivity index (χ1n) is 7.47. The molecule has 6 nitrogen and oxygen atoms in total. The molecule has 0 saturated carbocycles. The second-order valence-electron chi connectivity index (χ2n) is 5.09. The van der Waals surface area contributed by atoms with Gasteiger partial charge in [-0.05, 0) is 36.8 Å². The number of ether oxygens (including phenoxy) is 2. The molecule has 0 aliphatic carbocycles. The Morgan fingerprint density at radius 1 is 1.12 bits per heavy atom. The fourth-order valence-electron chi connectivity index (χ4n) is 1.88. The highest BCUT2D eigenvalue weighted by molar-refractivity contribution is 5.91. The molecule has 2 rings (SSSR count). The number of para-hydroxylation sites is 1. The molecule has 24 heavy (non-hydrogen) atoms. The van der Waals surface area contributed by atoms with E-state index in [1.165, 1.54) is 12.1 Å². The predicted molar refractivity (Wildman–Crippen MR) is 88.1 cm³/mol. The van der Waals surface area contributed by atoms with Crippen molar-refractivity contribution in [2.75, 3.05) is 19.8 Å². The minimum atomic E-state index is -0.666. The second-order valence-corrected chi connectivity index (χ2v) is 5.09. The van der Waals surface area contributed by atoms with Crippen molar-refractivity contribution in [1.29, 1.82) is 0 Å². The Bertz CT molecular complexity index is 700. The second kappa shape index (κ2) is 8.57. The number of aromatic hydroxyl groups is 1. The number of aryl methyl sites for hydroxylation is 1. The number of esters is 1. The Labute approximate surface area is 140 Å². The lowest BCUT2D eigenvalue weighted by Crippen LogP contribution is -2.32. The molecule has 0 aliphatic heterocycles. The van der Waals surface area contributed by atoms with Crippen LogP contribution in [0.2, 0.25) is 0 Å². The van der Waals surface area contributed by atoms with Crippen LogP contribution in [0, 0.1) is 6.92 Å². The smallest absolute Gasteiger partial charge is 0.338 e. The maximum absolute atomic E-state index is 11.8. The quantitative estimate of drug-likeness (QED) is 0.600. The summed E-state index contributed by atoms with van der Waals surface area (Å²) in [4.78, 5) is 23.4. The third kappa shape index (κ3) is 5.31. The van der Waals surface area contributed by atoms with Crippen LogP contribution in [-0.4, -0.2) is 36.7 Å². The van der Waals surface area contributed by atoms with Crippen LogP contribution in [0.5, 0.6) is 11.5 Å². The van der Waals surface area contributed by atoms with Gasteiger partial charge < -0.3 is 19.9 Å². The van der Waals surface area contributed by atoms with E-state index in [-0.39, 0.29) is 11.3 Å². The highest BCUT2D eigenvalue weighted by Gasteiger charge is 2.11. The van der Waals surface area contributed by atoms with Crippen LogP contribution >= 0.6 is 0 Å². The first-order chi connectivity index (χ1) is 11.6. The molecule has 0 aliphatic rings. The molecule has 0 unspecified atom stereocenters. The highest BCUT2D eigenvalue weighted by atomic mass is 16.5. The minimum absolute atomic E-state index is 0.00645. The number of rotatable bonds is 7. The van der Waals surface area contributed by atoms with Crippen molar-refractivity contribution in [2.45, 2.75) is 6.92 Å². The number of amides is 1. The zero-order valence-electron chi connectivity index (χ0n) is 13.3. The van der Waals surface area contributed by atoms with Crippen LogP contribution in [0.1, 0.15) is 15.9 Å². The van der Waals surface area contributed by atoms with Crippen molar-refractivity contribution >= 4 is 11.9 Å². The Morgan fingerprint density at radius 2 is 1.88 bits per heavy atom. The van der Waals surface area contributed by atoms with Gasteiger partial charge in [-0.15, -0.1) is 0 Å². The van der Waals surface area contributed by atoms with Gasteiger partial charge >= 0.3 is 5.97 Å². The van der Waals surface area contributed by atoms with E-state index in [1.807, 2.05) is 30.3 Å². The maximum atomic E-state index is 11.8. The zero-order chi connectivity index (χ0) is 17.4. The van der Waals surface area contributed by atoms with Gasteiger partial charge in [0.05, 0.1) is 12.1 Å². The van der Waals surface area contributed by atoms with Crippen LogP contribution in [-0.2, 0) is 9.53 Å². The van der Waals surface area contributed by atoms with Crippen molar-refractivity contribution in [3.8, 4) is 11.5 Å². The summed E-state index contributed by atoms with van der Waals surface area (Å²) in [6, 6.07) is 13.7. The van der Waals surface area contributed by atoms with Crippen LogP contribution in [0.25, 0.3) is 0 Å². The van der Waals surface area contributed by atoms with Gasteiger partial charge in [0.1, 0.15) is 18.1 Å². The fourth-order valence-corrected chi connectivity index (χ4v) is 1.88. The Morgan fingerprint density at radius 3 is 2.58 bits per heavy atom. The summed E-state index contributed by atoms with van der Waals surface area (Å²) in [7, 11) is 0. The summed E-state index contributed by atoms with van der Waals surface area (Å²) in [6.07, 6.45) is 0. The third-order valence-corrected chi connectivity index (χ3v) is 3.22. The number of benzene rings is 2. The SMILES string of the molecule is Cc1ccc(C(=O)OCC(=O)NCCOc2ccccc2)cc1O. The number of carbonyl (C=O) groups is 2. The van der Waals surface area contributed by atoms with E-state index in [4.69, 9.17) is 9.47 Å². The molecule has 0 saturated heterocycles. The summed E-state index contributed by atoms with van der Waals surface area (Å²) >= 11 is 0. The number of phenolic OH excluding ortho intramolecular Hbond substituents is 1. The summed E-state index contributed by atoms with van der Waals surface area (Å²) in [5.74, 6) is -0.360. The van der Waals surface area contributed by atoms with E-state index < -0.39 is 18.5 Å². The van der Waals surface area contributed by atoms with E-state index in [1.54, 1.807) is 13.0 Å². The number of phenols is 1. The minimum Gasteiger partial charge on any atom is -0.508 e. The molecule has 0 aromatic heterocycles. The molecule has 2 N–H and O–H groups in total. The predicted octanol–water partition coefficient (Wildman–Crippen LogP) is 2.05. The van der Waals surface area contributed by atoms with Crippen LogP contribution in [0.4, 0.5) is 0 Å². The van der Waals surface area contributed by atoms with E-state index >= 15 is 0 Å². The maximum Gasteiger partial charge on any atom is 0.338 e. The summed E-state index contributed by atoms with van der Waals surface area (Å²) < 4.78 is 10.3. The molecular weight excluding hydrogens is 310 g/mol. The van der Waals surface area contributed by atoms with Crippen molar-refractivity contribution in [1.82, 2.24) is 5.32 Å². The highest BCUT2D eigenvalue weighted by Crippen LogP contribution is 2.17. The van der Waals surface area contributed by atoms with E-state index in [0.717, 1.165) is 5.75 Å². The molecule has 6 heteroatoms. The van der Waals surface area contributed by atoms with Crippen LogP contribution in [0.3, 0.4) is 0 Å². The zero-order valence-corrected chi connectivity index (χ0v) is 13.3. The number of nitrogens with one attached hydrogen (secondary N) is 1. The molecule has 0 radical (unpaired) electrons. The standard InChI is InChI=1S/C18H19NO5/c1-13-7-8-14(11-16(13)20)18(22)24-12-17(21)19-9-10-23-15-5-3-2-4-6-15/h2-8,11,20H,9-10,12H2,1H3,(H,19,21). The van der Waals surface area contributed by atoms with Gasteiger partial charge in [-0.2, -0.15) is 0 Å². The summed E-state index contributed by atoms with van der Waals surface area (Å²) in [5.41, 5.74) is 0.848. The van der Waals surface area contributed by atoms with E-state index in [0.29, 0.717) is 18.7 Å². The number of carbonyl (C=O) groups excluding carboxylic acids is 2. The molecule has 0 bridgehead atoms. The Balaban J connectivity index is 1.67. The summed E-state index contributed by atoms with van der Waals surface area (Å²) in [6.45, 7) is 1.94. The van der Waals surface area contributed by atoms with Crippen molar-refractivity contribution in [3.05, 3.63) is 59.7 Å². The van der Waals surface area contributed by atoms with Crippen LogP contribution < -0.4 is 10.1 Å². The normalized spacial score (nSPS) is 10.0. The molecular formula is C18H19NO5. The van der Waals surface area contributed by atoms with Crippen molar-refractivity contribution < 1.29 is 24.2 Å². The molecule has 2 aromatic carbocycles. The van der Waals surface area contributed by atoms with Crippen molar-refractivity contribution in [3.63, 3.8) is 0 Å². The molecule has 126 valence electrons. The van der Waals surface area contributed by atoms with Gasteiger partial charge in [0.2, 0.25) is 0 Å². The molecule has 0 spiro atoms. The topological polar surface area (TPSA) is 84.9 Å². The lowest BCUT2D eigenvalue weighted by molar-refractivity contribution is -0.124. The monoisotopic (exact) mass is 329 g/mol. The third-order valence-electron chi connectivity index (χ3n) is 3.22. The van der Waals surface area contributed by atoms with Crippen LogP contribution in [0.15, 0.2) is 48.5 Å². The first kappa shape index (κ1) is 17.3. The van der Waals surface area contributed by atoms with Gasteiger partial charge in [-0.25, -0.2) is 4.79 Å². The molecule has 0 fully saturated rings. The van der Waals surface area contributed by atoms with E-state index in [2.05, 4.69) is 5.32 Å². The fraction of sp³-hybridized carbons (Fsp3) is 0.222. The Kier molecular flexibility index (Phi) is 6.19. The van der Waals surface area contributed by atoms with E-state index in [9.17, 15) is 14.7 Å². The average Bonchev–Trinajstić information content (AvgIpc) is 2.60. The lowest BCUT2D eigenvalue weighted by Gasteiger charge is -2.08. The van der Waals surface area contributed by atoms with Gasteiger partial charge in [0.25, 0.3) is 5.91 Å². The lowest BCUT2D eigenvalue weighted by atomic mass is 10.1. The number of hydrogen-bond donors (Lipinski definition) is 2. The number of hydrogen-bond acceptors (Lipinski definition) is 5. The summed E-state index contributed by atoms with van der Waals surface area (Å²) in [5, 5.41) is 12.2. The molecule has 0 heterocycles. The molecule has 0 atom stereocenters. The average molecular weight is 329 g/mol. The largest absolute Gasteiger partial charge is 0.508 e.